The van der Waals surface area contributed by atoms with Gasteiger partial charge in [0.25, 0.3) is 5.72 Å². The summed E-state index contributed by atoms with van der Waals surface area (Å²) < 4.78 is 20.8. The van der Waals surface area contributed by atoms with E-state index in [1.807, 2.05) is 6.92 Å². The summed E-state index contributed by atoms with van der Waals surface area (Å²) in [6, 6.07) is 3.96. The molecule has 0 saturated heterocycles. The zero-order valence-corrected chi connectivity index (χ0v) is 20.8. The molecule has 1 aromatic rings. The van der Waals surface area contributed by atoms with Crippen molar-refractivity contribution in [3.8, 4) is 11.5 Å². The van der Waals surface area contributed by atoms with Gasteiger partial charge in [-0.05, 0) is 38.0 Å². The summed E-state index contributed by atoms with van der Waals surface area (Å²) in [5.41, 5.74) is -1.81. The van der Waals surface area contributed by atoms with E-state index >= 15 is 0 Å². The molecular formula is C24H35NO9. The highest BCUT2D eigenvalue weighted by molar-refractivity contribution is 5.81. The highest BCUT2D eigenvalue weighted by atomic mass is 16.7. The first-order chi connectivity index (χ1) is 15.8. The van der Waals surface area contributed by atoms with E-state index in [0.29, 0.717) is 12.0 Å². The summed E-state index contributed by atoms with van der Waals surface area (Å²) in [7, 11) is 0. The molecule has 1 rings (SSSR count). The third-order valence-corrected chi connectivity index (χ3v) is 4.78. The minimum Gasteiger partial charge on any atom is -0.477 e. The van der Waals surface area contributed by atoms with E-state index in [1.165, 1.54) is 18.2 Å². The van der Waals surface area contributed by atoms with Crippen molar-refractivity contribution >= 4 is 24.1 Å². The Labute approximate surface area is 199 Å². The molecule has 0 aliphatic rings. The molecule has 1 aromatic carbocycles. The Balaban J connectivity index is 3.46. The fourth-order valence-electron chi connectivity index (χ4n) is 2.65. The Hall–Kier alpha value is -3.14. The Kier molecular flexibility index (Phi) is 11.0. The molecule has 0 bridgehead atoms. The number of rotatable bonds is 12. The lowest BCUT2D eigenvalue weighted by molar-refractivity contribution is -0.167. The van der Waals surface area contributed by atoms with Crippen molar-refractivity contribution in [2.75, 3.05) is 6.61 Å². The summed E-state index contributed by atoms with van der Waals surface area (Å²) in [6.07, 6.45) is -0.909. The van der Waals surface area contributed by atoms with E-state index in [-0.39, 0.29) is 30.6 Å². The summed E-state index contributed by atoms with van der Waals surface area (Å²) in [5, 5.41) is 12.9. The SMILES string of the molecule is CCOC(=O)O[C@](Cc1ccc(OC(=O)C(C)C)c(OC(=O)C(C)C)c1)(NC(C)CC)C(=O)O. The third kappa shape index (κ3) is 8.33. The second kappa shape index (κ2) is 12.9. The quantitative estimate of drug-likeness (QED) is 0.258. The maximum Gasteiger partial charge on any atom is 0.510 e. The van der Waals surface area contributed by atoms with Gasteiger partial charge in [-0.15, -0.1) is 0 Å². The van der Waals surface area contributed by atoms with Crippen molar-refractivity contribution in [1.29, 1.82) is 0 Å². The van der Waals surface area contributed by atoms with Gasteiger partial charge in [0, 0.05) is 12.5 Å². The van der Waals surface area contributed by atoms with Gasteiger partial charge in [-0.1, -0.05) is 40.7 Å². The summed E-state index contributed by atoms with van der Waals surface area (Å²) in [4.78, 5) is 48.7. The van der Waals surface area contributed by atoms with Gasteiger partial charge in [0.05, 0.1) is 18.4 Å². The van der Waals surface area contributed by atoms with Crippen LogP contribution in [-0.2, 0) is 30.3 Å². The number of benzene rings is 1. The predicted molar refractivity (Wildman–Crippen MR) is 122 cm³/mol. The lowest BCUT2D eigenvalue weighted by atomic mass is 10.00. The van der Waals surface area contributed by atoms with Crippen LogP contribution in [0.25, 0.3) is 0 Å². The van der Waals surface area contributed by atoms with Crippen LogP contribution in [0.3, 0.4) is 0 Å². The molecular weight excluding hydrogens is 446 g/mol. The lowest BCUT2D eigenvalue weighted by Crippen LogP contribution is -2.59. The van der Waals surface area contributed by atoms with Crippen molar-refractivity contribution < 1.29 is 43.2 Å². The molecule has 0 radical (unpaired) electrons. The number of hydrogen-bond acceptors (Lipinski definition) is 9. The summed E-state index contributed by atoms with van der Waals surface area (Å²) in [5.74, 6) is -3.46. The fraction of sp³-hybridized carbons (Fsp3) is 0.583. The zero-order chi connectivity index (χ0) is 26.1. The second-order valence-electron chi connectivity index (χ2n) is 8.48. The van der Waals surface area contributed by atoms with Gasteiger partial charge >= 0.3 is 24.1 Å². The van der Waals surface area contributed by atoms with Gasteiger partial charge in [-0.2, -0.15) is 0 Å². The van der Waals surface area contributed by atoms with Crippen molar-refractivity contribution in [2.45, 2.75) is 73.1 Å². The molecule has 10 nitrogen and oxygen atoms in total. The van der Waals surface area contributed by atoms with Crippen LogP contribution < -0.4 is 14.8 Å². The standard InChI is InChI=1S/C24H35NO9/c1-8-16(7)25-24(22(28)29,34-23(30)31-9-2)13-17-10-11-18(32-20(26)14(3)4)19(12-17)33-21(27)15(5)6/h10-12,14-16,25H,8-9,13H2,1-7H3,(H,28,29)/t16?,24-/m0/s1. The first-order valence-corrected chi connectivity index (χ1v) is 11.3. The van der Waals surface area contributed by atoms with Crippen LogP contribution in [0, 0.1) is 11.8 Å². The molecule has 0 amide bonds. The number of carboxylic acid groups (broad SMARTS) is 1. The number of carbonyl (C=O) groups excluding carboxylic acids is 3. The molecule has 0 fully saturated rings. The molecule has 1 unspecified atom stereocenters. The number of hydrogen-bond donors (Lipinski definition) is 2. The maximum absolute atomic E-state index is 12.3. The molecule has 0 aliphatic carbocycles. The second-order valence-corrected chi connectivity index (χ2v) is 8.48. The first kappa shape index (κ1) is 28.9. The van der Waals surface area contributed by atoms with E-state index in [4.69, 9.17) is 18.9 Å². The lowest BCUT2D eigenvalue weighted by Gasteiger charge is -2.32. The number of nitrogens with one attached hydrogen (secondary N) is 1. The molecule has 190 valence electrons. The monoisotopic (exact) mass is 481 g/mol. The largest absolute Gasteiger partial charge is 0.510 e. The van der Waals surface area contributed by atoms with Crippen LogP contribution in [0.5, 0.6) is 11.5 Å². The van der Waals surface area contributed by atoms with Gasteiger partial charge in [-0.25, -0.2) is 9.59 Å². The molecule has 10 heteroatoms. The van der Waals surface area contributed by atoms with Crippen LogP contribution in [0.4, 0.5) is 4.79 Å². The average molecular weight is 482 g/mol. The number of aliphatic carboxylic acids is 1. The van der Waals surface area contributed by atoms with Crippen LogP contribution in [0.2, 0.25) is 0 Å². The van der Waals surface area contributed by atoms with E-state index in [9.17, 15) is 24.3 Å². The minimum atomic E-state index is -2.16. The molecule has 2 atom stereocenters. The highest BCUT2D eigenvalue weighted by Gasteiger charge is 2.44. The molecule has 34 heavy (non-hydrogen) atoms. The Morgan fingerprint density at radius 1 is 0.941 bits per heavy atom. The predicted octanol–water partition coefficient (Wildman–Crippen LogP) is 3.69. The van der Waals surface area contributed by atoms with Gasteiger partial charge in [-0.3, -0.25) is 14.9 Å². The first-order valence-electron chi connectivity index (χ1n) is 11.3. The van der Waals surface area contributed by atoms with Gasteiger partial charge < -0.3 is 24.1 Å². The van der Waals surface area contributed by atoms with Crippen molar-refractivity contribution in [2.24, 2.45) is 11.8 Å². The Morgan fingerprint density at radius 2 is 1.50 bits per heavy atom. The van der Waals surface area contributed by atoms with E-state index in [2.05, 4.69) is 5.32 Å². The zero-order valence-electron chi connectivity index (χ0n) is 20.8. The summed E-state index contributed by atoms with van der Waals surface area (Å²) >= 11 is 0. The number of carboxylic acids is 1. The van der Waals surface area contributed by atoms with Gasteiger partial charge in [0.2, 0.25) is 0 Å². The Morgan fingerprint density at radius 3 is 1.97 bits per heavy atom. The maximum atomic E-state index is 12.3. The summed E-state index contributed by atoms with van der Waals surface area (Å²) in [6.45, 7) is 11.8. The number of esters is 2. The smallest absolute Gasteiger partial charge is 0.477 e. The topological polar surface area (TPSA) is 137 Å². The molecule has 0 aliphatic heterocycles. The van der Waals surface area contributed by atoms with Gasteiger partial charge in [0.1, 0.15) is 0 Å². The van der Waals surface area contributed by atoms with Crippen LogP contribution in [0.1, 0.15) is 60.5 Å². The highest BCUT2D eigenvalue weighted by Crippen LogP contribution is 2.32. The Bertz CT molecular complexity index is 881. The molecule has 0 aromatic heterocycles. The van der Waals surface area contributed by atoms with E-state index in [0.717, 1.165) is 0 Å². The molecule has 0 saturated carbocycles. The average Bonchev–Trinajstić information content (AvgIpc) is 2.74. The fourth-order valence-corrected chi connectivity index (χ4v) is 2.65. The molecule has 0 spiro atoms. The van der Waals surface area contributed by atoms with Crippen molar-refractivity contribution in [3.05, 3.63) is 23.8 Å². The van der Waals surface area contributed by atoms with E-state index < -0.39 is 41.6 Å². The normalized spacial score (nSPS) is 13.7. The van der Waals surface area contributed by atoms with Gasteiger partial charge in [0.15, 0.2) is 11.5 Å². The van der Waals surface area contributed by atoms with Crippen molar-refractivity contribution in [3.63, 3.8) is 0 Å². The molecule has 2 N–H and O–H groups in total. The number of ether oxygens (including phenoxy) is 4. The number of carbonyl (C=O) groups is 4. The van der Waals surface area contributed by atoms with Crippen LogP contribution in [0.15, 0.2) is 18.2 Å². The third-order valence-electron chi connectivity index (χ3n) is 4.78. The minimum absolute atomic E-state index is 0.00306. The van der Waals surface area contributed by atoms with Crippen LogP contribution >= 0.6 is 0 Å². The van der Waals surface area contributed by atoms with E-state index in [1.54, 1.807) is 41.5 Å². The van der Waals surface area contributed by atoms with Crippen LogP contribution in [-0.4, -0.2) is 47.5 Å². The molecule has 0 heterocycles. The van der Waals surface area contributed by atoms with Crippen molar-refractivity contribution in [1.82, 2.24) is 5.32 Å².